The average molecular weight is 226 g/mol. The molecular weight excluding hydrogens is 204 g/mol. The van der Waals surface area contributed by atoms with Gasteiger partial charge in [-0.1, -0.05) is 20.8 Å². The molecule has 1 unspecified atom stereocenters. The fourth-order valence-corrected chi connectivity index (χ4v) is 2.70. The van der Waals surface area contributed by atoms with Gasteiger partial charge in [-0.05, 0) is 37.0 Å². The number of nitrogens with zero attached hydrogens (tertiary/aromatic N) is 1. The summed E-state index contributed by atoms with van der Waals surface area (Å²) >= 11 is 1.90. The van der Waals surface area contributed by atoms with Crippen LogP contribution in [0.5, 0.6) is 0 Å². The van der Waals surface area contributed by atoms with E-state index in [2.05, 4.69) is 32.2 Å². The van der Waals surface area contributed by atoms with Gasteiger partial charge in [0, 0.05) is 5.75 Å². The van der Waals surface area contributed by atoms with Crippen LogP contribution in [0.3, 0.4) is 0 Å². The highest BCUT2D eigenvalue weighted by molar-refractivity contribution is 7.99. The van der Waals surface area contributed by atoms with Crippen LogP contribution in [0.2, 0.25) is 0 Å². The van der Waals surface area contributed by atoms with Crippen LogP contribution in [0.4, 0.5) is 0 Å². The zero-order valence-electron chi connectivity index (χ0n) is 10.0. The Labute approximate surface area is 97.8 Å². The van der Waals surface area contributed by atoms with E-state index < -0.39 is 0 Å². The van der Waals surface area contributed by atoms with Gasteiger partial charge in [0.05, 0.1) is 6.07 Å². The van der Waals surface area contributed by atoms with Gasteiger partial charge in [-0.25, -0.2) is 0 Å². The van der Waals surface area contributed by atoms with Crippen molar-refractivity contribution in [3.8, 4) is 6.07 Å². The maximum Gasteiger partial charge on any atom is 0.118 e. The molecule has 1 atom stereocenters. The molecule has 2 nitrogen and oxygen atoms in total. The minimum atomic E-state index is -0.245. The zero-order chi connectivity index (χ0) is 11.3. The largest absolute Gasteiger partial charge is 0.298 e. The molecule has 15 heavy (non-hydrogen) atoms. The van der Waals surface area contributed by atoms with Gasteiger partial charge in [-0.2, -0.15) is 17.0 Å². The van der Waals surface area contributed by atoms with Crippen LogP contribution in [-0.4, -0.2) is 23.1 Å². The Morgan fingerprint density at radius 3 is 2.60 bits per heavy atom. The summed E-state index contributed by atoms with van der Waals surface area (Å²) in [6.07, 6.45) is 3.55. The minimum absolute atomic E-state index is 0.245. The standard InChI is InChI=1S/C12H22N2S/c1-4-7-14-12(8-13,11-5-6-11)9-15-10(2)3/h10-11,14H,4-7,9H2,1-3H3. The first-order valence-electron chi connectivity index (χ1n) is 5.92. The van der Waals surface area contributed by atoms with E-state index >= 15 is 0 Å². The van der Waals surface area contributed by atoms with Crippen LogP contribution in [0.1, 0.15) is 40.0 Å². The van der Waals surface area contributed by atoms with Crippen LogP contribution in [-0.2, 0) is 0 Å². The third kappa shape index (κ3) is 3.70. The molecule has 0 heterocycles. The Morgan fingerprint density at radius 2 is 2.20 bits per heavy atom. The van der Waals surface area contributed by atoms with Crippen molar-refractivity contribution in [2.45, 2.75) is 50.8 Å². The fourth-order valence-electron chi connectivity index (χ4n) is 1.70. The molecule has 1 aliphatic rings. The smallest absolute Gasteiger partial charge is 0.118 e. The Bertz CT molecular complexity index is 230. The fraction of sp³-hybridized carbons (Fsp3) is 0.917. The maximum atomic E-state index is 9.40. The highest BCUT2D eigenvalue weighted by Crippen LogP contribution is 2.41. The molecule has 1 saturated carbocycles. The zero-order valence-corrected chi connectivity index (χ0v) is 10.9. The highest BCUT2D eigenvalue weighted by atomic mass is 32.2. The second-order valence-electron chi connectivity index (χ2n) is 4.64. The van der Waals surface area contributed by atoms with E-state index in [0.29, 0.717) is 11.2 Å². The molecular formula is C12H22N2S. The van der Waals surface area contributed by atoms with Crippen LogP contribution >= 0.6 is 11.8 Å². The summed E-state index contributed by atoms with van der Waals surface area (Å²) in [6, 6.07) is 2.54. The van der Waals surface area contributed by atoms with E-state index in [0.717, 1.165) is 18.7 Å². The minimum Gasteiger partial charge on any atom is -0.298 e. The van der Waals surface area contributed by atoms with Gasteiger partial charge < -0.3 is 0 Å². The number of hydrogen-bond donors (Lipinski definition) is 1. The lowest BCUT2D eigenvalue weighted by Gasteiger charge is -2.28. The molecule has 86 valence electrons. The van der Waals surface area contributed by atoms with E-state index in [1.165, 1.54) is 12.8 Å². The third-order valence-electron chi connectivity index (χ3n) is 2.81. The summed E-state index contributed by atoms with van der Waals surface area (Å²) in [5.41, 5.74) is -0.245. The van der Waals surface area contributed by atoms with Gasteiger partial charge in [0.15, 0.2) is 0 Å². The van der Waals surface area contributed by atoms with Crippen LogP contribution in [0, 0.1) is 17.2 Å². The van der Waals surface area contributed by atoms with Crippen molar-refractivity contribution in [1.82, 2.24) is 5.32 Å². The second-order valence-corrected chi connectivity index (χ2v) is 6.21. The molecule has 0 radical (unpaired) electrons. The Hall–Kier alpha value is -0.200. The highest BCUT2D eigenvalue weighted by Gasteiger charge is 2.45. The molecule has 1 N–H and O–H groups in total. The quantitative estimate of drug-likeness (QED) is 0.725. The monoisotopic (exact) mass is 226 g/mol. The van der Waals surface area contributed by atoms with E-state index in [4.69, 9.17) is 0 Å². The molecule has 0 saturated heterocycles. The predicted molar refractivity (Wildman–Crippen MR) is 67.0 cm³/mol. The number of thioether (sulfide) groups is 1. The summed E-state index contributed by atoms with van der Waals surface area (Å²) in [6.45, 7) is 7.50. The second kappa shape index (κ2) is 5.77. The Balaban J connectivity index is 2.53. The molecule has 0 aromatic heterocycles. The first kappa shape index (κ1) is 12.9. The Morgan fingerprint density at radius 1 is 1.53 bits per heavy atom. The van der Waals surface area contributed by atoms with E-state index in [1.807, 2.05) is 11.8 Å². The predicted octanol–water partition coefficient (Wildman–Crippen LogP) is 2.80. The normalized spacial score (nSPS) is 19.9. The Kier molecular flexibility index (Phi) is 4.95. The summed E-state index contributed by atoms with van der Waals surface area (Å²) in [4.78, 5) is 0. The van der Waals surface area contributed by atoms with Gasteiger partial charge in [0.1, 0.15) is 5.54 Å². The summed E-state index contributed by atoms with van der Waals surface area (Å²) in [7, 11) is 0. The van der Waals surface area contributed by atoms with Crippen molar-refractivity contribution < 1.29 is 0 Å². The van der Waals surface area contributed by atoms with Gasteiger partial charge in [-0.15, -0.1) is 0 Å². The molecule has 3 heteroatoms. The first-order valence-corrected chi connectivity index (χ1v) is 6.97. The van der Waals surface area contributed by atoms with Crippen molar-refractivity contribution in [1.29, 1.82) is 5.26 Å². The van der Waals surface area contributed by atoms with E-state index in [9.17, 15) is 5.26 Å². The summed E-state index contributed by atoms with van der Waals surface area (Å²) in [5.74, 6) is 1.53. The number of nitrogens with one attached hydrogen (secondary N) is 1. The molecule has 1 aliphatic carbocycles. The molecule has 1 fully saturated rings. The van der Waals surface area contributed by atoms with Crippen LogP contribution in [0.15, 0.2) is 0 Å². The van der Waals surface area contributed by atoms with E-state index in [-0.39, 0.29) is 5.54 Å². The van der Waals surface area contributed by atoms with Crippen molar-refractivity contribution in [3.05, 3.63) is 0 Å². The summed E-state index contributed by atoms with van der Waals surface area (Å²) in [5, 5.41) is 13.5. The molecule has 1 rings (SSSR count). The molecule has 0 aromatic rings. The summed E-state index contributed by atoms with van der Waals surface area (Å²) < 4.78 is 0. The topological polar surface area (TPSA) is 35.8 Å². The van der Waals surface area contributed by atoms with Crippen LogP contribution in [0.25, 0.3) is 0 Å². The van der Waals surface area contributed by atoms with Crippen molar-refractivity contribution in [3.63, 3.8) is 0 Å². The lowest BCUT2D eigenvalue weighted by atomic mass is 9.97. The lowest BCUT2D eigenvalue weighted by Crippen LogP contribution is -2.49. The molecule has 0 aliphatic heterocycles. The lowest BCUT2D eigenvalue weighted by molar-refractivity contribution is 0.405. The van der Waals surface area contributed by atoms with Gasteiger partial charge in [-0.3, -0.25) is 5.32 Å². The van der Waals surface area contributed by atoms with Crippen molar-refractivity contribution >= 4 is 11.8 Å². The average Bonchev–Trinajstić information content (AvgIpc) is 3.03. The number of nitriles is 1. The molecule has 0 spiro atoms. The molecule has 0 amide bonds. The van der Waals surface area contributed by atoms with Crippen molar-refractivity contribution in [2.24, 2.45) is 5.92 Å². The van der Waals surface area contributed by atoms with Crippen molar-refractivity contribution in [2.75, 3.05) is 12.3 Å². The van der Waals surface area contributed by atoms with Gasteiger partial charge in [0.2, 0.25) is 0 Å². The number of rotatable bonds is 7. The maximum absolute atomic E-state index is 9.40. The third-order valence-corrected chi connectivity index (χ3v) is 4.10. The van der Waals surface area contributed by atoms with Gasteiger partial charge >= 0.3 is 0 Å². The van der Waals surface area contributed by atoms with E-state index in [1.54, 1.807) is 0 Å². The molecule has 0 aromatic carbocycles. The molecule has 0 bridgehead atoms. The first-order chi connectivity index (χ1) is 7.14. The SMILES string of the molecule is CCCNC(C#N)(CSC(C)C)C1CC1. The van der Waals surface area contributed by atoms with Gasteiger partial charge in [0.25, 0.3) is 0 Å². The number of hydrogen-bond acceptors (Lipinski definition) is 3. The van der Waals surface area contributed by atoms with Crippen LogP contribution < -0.4 is 5.32 Å².